The first-order valence-electron chi connectivity index (χ1n) is 10.3. The smallest absolute Gasteiger partial charge is 0.253 e. The van der Waals surface area contributed by atoms with Crippen LogP contribution in [0.15, 0.2) is 11.6 Å². The topological polar surface area (TPSA) is 107 Å². The number of carbonyl (C=O) groups is 1. The number of piperidine rings is 1. The fraction of sp³-hybridized carbons (Fsp3) is 0.850. The van der Waals surface area contributed by atoms with Gasteiger partial charge in [-0.05, 0) is 56.8 Å². The van der Waals surface area contributed by atoms with E-state index in [0.29, 0.717) is 19.5 Å². The maximum absolute atomic E-state index is 12.0. The number of nitrogens with two attached hydrogens (primary N) is 1. The second-order valence-electron chi connectivity index (χ2n) is 8.43. The van der Waals surface area contributed by atoms with Crippen LogP contribution < -0.4 is 5.73 Å². The molecule has 154 valence electrons. The lowest BCUT2D eigenvalue weighted by Gasteiger charge is -2.44. The van der Waals surface area contributed by atoms with Crippen molar-refractivity contribution in [3.63, 3.8) is 0 Å². The fourth-order valence-corrected chi connectivity index (χ4v) is 5.61. The molecule has 4 unspecified atom stereocenters. The highest BCUT2D eigenvalue weighted by atomic mass is 35.5. The Morgan fingerprint density at radius 2 is 2.04 bits per heavy atom. The predicted octanol–water partition coefficient (Wildman–Crippen LogP) is 1.01. The number of allylic oxidation sites excluding steroid dienone is 2. The molecule has 0 spiro atoms. The van der Waals surface area contributed by atoms with Gasteiger partial charge in [-0.3, -0.25) is 4.79 Å². The summed E-state index contributed by atoms with van der Waals surface area (Å²) in [5.41, 5.74) is 7.97. The van der Waals surface area contributed by atoms with E-state index in [1.807, 2.05) is 0 Å². The summed E-state index contributed by atoms with van der Waals surface area (Å²) >= 11 is 6.71. The molecular formula is C20H33ClN2O4. The van der Waals surface area contributed by atoms with Crippen LogP contribution in [0.4, 0.5) is 0 Å². The lowest BCUT2D eigenvalue weighted by atomic mass is 9.70. The number of halogens is 1. The molecule has 0 aromatic carbocycles. The van der Waals surface area contributed by atoms with Crippen molar-refractivity contribution in [1.82, 2.24) is 4.90 Å². The summed E-state index contributed by atoms with van der Waals surface area (Å²) in [5, 5.41) is 29.3. The van der Waals surface area contributed by atoms with E-state index in [9.17, 15) is 15.0 Å². The molecule has 0 radical (unpaired) electrons. The van der Waals surface area contributed by atoms with Gasteiger partial charge in [-0.25, -0.2) is 0 Å². The third kappa shape index (κ3) is 4.67. The number of hydrogen-bond acceptors (Lipinski definition) is 5. The minimum absolute atomic E-state index is 0.0129. The van der Waals surface area contributed by atoms with Crippen molar-refractivity contribution in [1.29, 1.82) is 0 Å². The molecular weight excluding hydrogens is 368 g/mol. The van der Waals surface area contributed by atoms with Gasteiger partial charge in [0.05, 0.1) is 12.7 Å². The van der Waals surface area contributed by atoms with Crippen LogP contribution in [-0.2, 0) is 4.79 Å². The van der Waals surface area contributed by atoms with Gasteiger partial charge in [-0.2, -0.15) is 0 Å². The molecule has 2 aliphatic carbocycles. The molecule has 0 bridgehead atoms. The monoisotopic (exact) mass is 400 g/mol. The Labute approximate surface area is 166 Å². The molecule has 1 saturated heterocycles. The molecule has 3 aliphatic rings. The largest absolute Gasteiger partial charge is 0.393 e. The van der Waals surface area contributed by atoms with Gasteiger partial charge in [0.1, 0.15) is 0 Å². The number of likely N-dealkylation sites (tertiary alicyclic amines) is 1. The fourth-order valence-electron chi connectivity index (χ4n) is 5.14. The van der Waals surface area contributed by atoms with Gasteiger partial charge >= 0.3 is 0 Å². The van der Waals surface area contributed by atoms with Crippen LogP contribution in [0.2, 0.25) is 0 Å². The van der Waals surface area contributed by atoms with Crippen LogP contribution >= 0.6 is 11.6 Å². The quantitative estimate of drug-likeness (QED) is 0.407. The number of alkyl halides is 1. The zero-order valence-electron chi connectivity index (χ0n) is 15.8. The summed E-state index contributed by atoms with van der Waals surface area (Å²) in [6.07, 6.45) is 6.85. The van der Waals surface area contributed by atoms with Gasteiger partial charge in [0.15, 0.2) is 6.10 Å². The summed E-state index contributed by atoms with van der Waals surface area (Å²) < 4.78 is 0. The average Bonchev–Trinajstić information content (AvgIpc) is 3.22. The molecule has 0 aromatic heterocycles. The average molecular weight is 401 g/mol. The van der Waals surface area contributed by atoms with Crippen molar-refractivity contribution in [2.24, 2.45) is 23.5 Å². The summed E-state index contributed by atoms with van der Waals surface area (Å²) in [5.74, 6) is 0.0647. The van der Waals surface area contributed by atoms with E-state index in [-0.39, 0.29) is 29.2 Å². The van der Waals surface area contributed by atoms with Gasteiger partial charge in [-0.1, -0.05) is 11.6 Å². The van der Waals surface area contributed by atoms with Crippen LogP contribution in [0.25, 0.3) is 0 Å². The van der Waals surface area contributed by atoms with Crippen LogP contribution in [0, 0.1) is 17.8 Å². The molecule has 27 heavy (non-hydrogen) atoms. The molecule has 3 rings (SSSR count). The van der Waals surface area contributed by atoms with Gasteiger partial charge in [0.25, 0.3) is 5.91 Å². The number of amides is 1. The lowest BCUT2D eigenvalue weighted by Crippen LogP contribution is -2.52. The molecule has 1 heterocycles. The van der Waals surface area contributed by atoms with Crippen molar-refractivity contribution in [2.75, 3.05) is 19.7 Å². The molecule has 1 saturated carbocycles. The Morgan fingerprint density at radius 3 is 2.63 bits per heavy atom. The van der Waals surface area contributed by atoms with Crippen LogP contribution in [0.1, 0.15) is 44.9 Å². The van der Waals surface area contributed by atoms with Crippen LogP contribution in [-0.4, -0.2) is 69.4 Å². The Balaban J connectivity index is 1.54. The number of carbonyl (C=O) groups excluding carboxylic acids is 1. The van der Waals surface area contributed by atoms with E-state index in [1.165, 1.54) is 12.0 Å². The van der Waals surface area contributed by atoms with E-state index >= 15 is 0 Å². The summed E-state index contributed by atoms with van der Waals surface area (Å²) in [6.45, 7) is 0.495. The minimum atomic E-state index is -1.34. The van der Waals surface area contributed by atoms with Gasteiger partial charge < -0.3 is 26.0 Å². The van der Waals surface area contributed by atoms with E-state index in [1.54, 1.807) is 4.90 Å². The van der Waals surface area contributed by atoms with Crippen molar-refractivity contribution in [2.45, 2.75) is 68.6 Å². The minimum Gasteiger partial charge on any atom is -0.393 e. The standard InChI is InChI=1S/C20H33ClN2O4/c21-16-9-15(17(25)10-14(16)12-3-1-2-4-12)19(22)13-5-7-23(8-6-13)20(27)18(26)11-24/h3,13-19,24-26H,1-2,4-11,22H2/t14?,15?,16?,17?,18-,19-/m1/s1. The summed E-state index contributed by atoms with van der Waals surface area (Å²) in [4.78, 5) is 13.6. The SMILES string of the molecule is N[C@H](C1CCN(C(=O)[C@H](O)CO)CC1)C1CC(Cl)C(C2=CCCC2)CC1O. The highest BCUT2D eigenvalue weighted by Gasteiger charge is 2.42. The molecule has 6 atom stereocenters. The molecule has 6 nitrogen and oxygen atoms in total. The number of aliphatic hydroxyl groups is 3. The summed E-state index contributed by atoms with van der Waals surface area (Å²) in [6, 6.07) is -0.139. The number of nitrogens with zero attached hydrogens (tertiary/aromatic N) is 1. The third-order valence-corrected chi connectivity index (χ3v) is 7.31. The number of aliphatic hydroxyl groups excluding tert-OH is 3. The first-order chi connectivity index (χ1) is 12.9. The second kappa shape index (κ2) is 9.23. The Kier molecular flexibility index (Phi) is 7.20. The molecule has 7 heteroatoms. The highest BCUT2D eigenvalue weighted by Crippen LogP contribution is 2.42. The lowest BCUT2D eigenvalue weighted by molar-refractivity contribution is -0.143. The number of rotatable bonds is 5. The predicted molar refractivity (Wildman–Crippen MR) is 104 cm³/mol. The normalized spacial score (nSPS) is 35.0. The van der Waals surface area contributed by atoms with E-state index in [0.717, 1.165) is 32.1 Å². The highest BCUT2D eigenvalue weighted by molar-refractivity contribution is 6.21. The molecule has 2 fully saturated rings. The number of hydrogen-bond donors (Lipinski definition) is 4. The Hall–Kier alpha value is -0.660. The van der Waals surface area contributed by atoms with Gasteiger partial charge in [0, 0.05) is 30.4 Å². The Morgan fingerprint density at radius 1 is 1.33 bits per heavy atom. The van der Waals surface area contributed by atoms with Crippen molar-refractivity contribution in [3.05, 3.63) is 11.6 Å². The maximum atomic E-state index is 12.0. The van der Waals surface area contributed by atoms with Crippen molar-refractivity contribution in [3.8, 4) is 0 Å². The van der Waals surface area contributed by atoms with E-state index in [2.05, 4.69) is 6.08 Å². The van der Waals surface area contributed by atoms with Gasteiger partial charge in [0.2, 0.25) is 0 Å². The zero-order valence-corrected chi connectivity index (χ0v) is 16.6. The third-order valence-electron chi connectivity index (χ3n) is 6.82. The van der Waals surface area contributed by atoms with Crippen molar-refractivity contribution < 1.29 is 20.1 Å². The molecule has 1 amide bonds. The van der Waals surface area contributed by atoms with E-state index in [4.69, 9.17) is 22.4 Å². The first-order valence-corrected chi connectivity index (χ1v) is 10.7. The summed E-state index contributed by atoms with van der Waals surface area (Å²) in [7, 11) is 0. The molecule has 1 aliphatic heterocycles. The van der Waals surface area contributed by atoms with Crippen molar-refractivity contribution >= 4 is 17.5 Å². The second-order valence-corrected chi connectivity index (χ2v) is 9.00. The van der Waals surface area contributed by atoms with Gasteiger partial charge in [-0.15, -0.1) is 11.6 Å². The zero-order chi connectivity index (χ0) is 19.6. The molecule has 0 aromatic rings. The first kappa shape index (κ1) is 21.1. The van der Waals surface area contributed by atoms with E-state index < -0.39 is 24.7 Å². The maximum Gasteiger partial charge on any atom is 0.253 e. The Bertz CT molecular complexity index is 550. The molecule has 5 N–H and O–H groups in total. The van der Waals surface area contributed by atoms with Crippen LogP contribution in [0.5, 0.6) is 0 Å². The van der Waals surface area contributed by atoms with Crippen LogP contribution in [0.3, 0.4) is 0 Å².